The number of esters is 1. The van der Waals surface area contributed by atoms with Gasteiger partial charge >= 0.3 is 11.9 Å². The minimum atomic E-state index is -1.04. The Morgan fingerprint density at radius 3 is 2.42 bits per heavy atom. The fourth-order valence-corrected chi connectivity index (χ4v) is 3.70. The van der Waals surface area contributed by atoms with E-state index in [0.29, 0.717) is 6.61 Å². The lowest BCUT2D eigenvalue weighted by Crippen LogP contribution is -2.31. The van der Waals surface area contributed by atoms with Gasteiger partial charge in [-0.25, -0.2) is 4.79 Å². The van der Waals surface area contributed by atoms with E-state index in [1.165, 1.54) is 6.08 Å². The second-order valence-electron chi connectivity index (χ2n) is 7.77. The van der Waals surface area contributed by atoms with Crippen LogP contribution in [0.25, 0.3) is 0 Å². The van der Waals surface area contributed by atoms with Gasteiger partial charge in [0, 0.05) is 11.5 Å². The average molecular weight is 422 g/mol. The molecule has 162 valence electrons. The highest BCUT2D eigenvalue weighted by molar-refractivity contribution is 6.03. The summed E-state index contributed by atoms with van der Waals surface area (Å²) in [5.74, 6) is -3.16. The van der Waals surface area contributed by atoms with Gasteiger partial charge in [0.05, 0.1) is 13.0 Å². The molecule has 0 saturated heterocycles. The van der Waals surface area contributed by atoms with E-state index < -0.39 is 30.1 Å². The van der Waals surface area contributed by atoms with E-state index in [1.807, 2.05) is 61.5 Å². The standard InChI is InChI=1S/C25H26O6/c1-16-8-10-19(11-9-16)21-12-20(13-23(26)22(21)14-24(27)28)25(29)31-17(2)30-15-18-6-4-3-5-7-18/h3-11,13,17,21-22H,12,14-15H2,1-2H3,(H,27,28). The highest BCUT2D eigenvalue weighted by Crippen LogP contribution is 2.38. The number of hydrogen-bond acceptors (Lipinski definition) is 5. The van der Waals surface area contributed by atoms with Gasteiger partial charge in [0.25, 0.3) is 0 Å². The van der Waals surface area contributed by atoms with Crippen LogP contribution in [0.3, 0.4) is 0 Å². The molecule has 3 unspecified atom stereocenters. The number of carbonyl (C=O) groups is 3. The molecule has 0 saturated carbocycles. The Bertz CT molecular complexity index is 961. The predicted molar refractivity (Wildman–Crippen MR) is 114 cm³/mol. The van der Waals surface area contributed by atoms with Crippen LogP contribution in [0.4, 0.5) is 0 Å². The number of allylic oxidation sites excluding steroid dienone is 1. The summed E-state index contributed by atoms with van der Waals surface area (Å²) in [6.45, 7) is 3.86. The first-order chi connectivity index (χ1) is 14.8. The predicted octanol–water partition coefficient (Wildman–Crippen LogP) is 4.17. The lowest BCUT2D eigenvalue weighted by atomic mass is 9.73. The third kappa shape index (κ3) is 6.12. The fourth-order valence-electron chi connectivity index (χ4n) is 3.70. The van der Waals surface area contributed by atoms with Gasteiger partial charge in [-0.15, -0.1) is 0 Å². The summed E-state index contributed by atoms with van der Waals surface area (Å²) in [6.07, 6.45) is 0.382. The van der Waals surface area contributed by atoms with Crippen LogP contribution < -0.4 is 0 Å². The number of aryl methyl sites for hydroxylation is 1. The van der Waals surface area contributed by atoms with Crippen molar-refractivity contribution in [3.05, 3.63) is 82.9 Å². The third-order valence-electron chi connectivity index (χ3n) is 5.37. The molecule has 0 aromatic heterocycles. The van der Waals surface area contributed by atoms with Crippen molar-refractivity contribution in [1.29, 1.82) is 0 Å². The summed E-state index contributed by atoms with van der Waals surface area (Å²) in [4.78, 5) is 36.7. The minimum absolute atomic E-state index is 0.229. The van der Waals surface area contributed by atoms with E-state index >= 15 is 0 Å². The first-order valence-corrected chi connectivity index (χ1v) is 10.2. The summed E-state index contributed by atoms with van der Waals surface area (Å²) >= 11 is 0. The molecule has 0 aliphatic heterocycles. The molecule has 1 N–H and O–H groups in total. The number of hydrogen-bond donors (Lipinski definition) is 1. The lowest BCUT2D eigenvalue weighted by molar-refractivity contribution is -0.173. The number of ketones is 1. The van der Waals surface area contributed by atoms with Gasteiger partial charge in [0.15, 0.2) is 5.78 Å². The molecular formula is C25H26O6. The molecule has 3 rings (SSSR count). The van der Waals surface area contributed by atoms with Crippen molar-refractivity contribution in [2.24, 2.45) is 5.92 Å². The quantitative estimate of drug-likeness (QED) is 0.507. The first kappa shape index (κ1) is 22.4. The summed E-state index contributed by atoms with van der Waals surface area (Å²) in [5.41, 5.74) is 3.07. The van der Waals surface area contributed by atoms with Gasteiger partial charge in [-0.3, -0.25) is 9.59 Å². The molecule has 6 heteroatoms. The maximum absolute atomic E-state index is 12.7. The van der Waals surface area contributed by atoms with E-state index in [4.69, 9.17) is 9.47 Å². The molecule has 3 atom stereocenters. The smallest absolute Gasteiger partial charge is 0.336 e. The molecule has 0 spiro atoms. The van der Waals surface area contributed by atoms with E-state index in [2.05, 4.69) is 0 Å². The molecule has 0 bridgehead atoms. The van der Waals surface area contributed by atoms with Gasteiger partial charge in [0.2, 0.25) is 6.29 Å². The van der Waals surface area contributed by atoms with Crippen LogP contribution in [0.1, 0.15) is 42.4 Å². The van der Waals surface area contributed by atoms with E-state index in [0.717, 1.165) is 16.7 Å². The number of benzene rings is 2. The Balaban J connectivity index is 1.71. The number of carbonyl (C=O) groups excluding carboxylic acids is 2. The molecule has 0 amide bonds. The van der Waals surface area contributed by atoms with Gasteiger partial charge < -0.3 is 14.6 Å². The van der Waals surface area contributed by atoms with Crippen LogP contribution in [0, 0.1) is 12.8 Å². The number of carboxylic acid groups (broad SMARTS) is 1. The number of carboxylic acids is 1. The summed E-state index contributed by atoms with van der Waals surface area (Å²) in [5, 5.41) is 9.26. The zero-order chi connectivity index (χ0) is 22.4. The second kappa shape index (κ2) is 10.2. The second-order valence-corrected chi connectivity index (χ2v) is 7.77. The van der Waals surface area contributed by atoms with Gasteiger partial charge in [-0.1, -0.05) is 60.2 Å². The van der Waals surface area contributed by atoms with Crippen LogP contribution in [0.2, 0.25) is 0 Å². The summed E-state index contributed by atoms with van der Waals surface area (Å²) in [6, 6.07) is 17.1. The maximum atomic E-state index is 12.7. The van der Waals surface area contributed by atoms with E-state index in [9.17, 15) is 19.5 Å². The molecule has 1 aliphatic rings. The summed E-state index contributed by atoms with van der Waals surface area (Å²) in [7, 11) is 0. The van der Waals surface area contributed by atoms with Crippen LogP contribution in [0.5, 0.6) is 0 Å². The Labute approximate surface area is 181 Å². The average Bonchev–Trinajstić information content (AvgIpc) is 2.74. The normalized spacial score (nSPS) is 19.4. The van der Waals surface area contributed by atoms with Crippen molar-refractivity contribution in [2.75, 3.05) is 0 Å². The molecule has 0 fully saturated rings. The maximum Gasteiger partial charge on any atom is 0.336 e. The number of ether oxygens (including phenoxy) is 2. The molecule has 0 radical (unpaired) electrons. The minimum Gasteiger partial charge on any atom is -0.481 e. The largest absolute Gasteiger partial charge is 0.481 e. The van der Waals surface area contributed by atoms with Crippen LogP contribution in [-0.2, 0) is 30.5 Å². The molecule has 0 heterocycles. The first-order valence-electron chi connectivity index (χ1n) is 10.2. The van der Waals surface area contributed by atoms with Crippen molar-refractivity contribution in [3.63, 3.8) is 0 Å². The van der Waals surface area contributed by atoms with Crippen LogP contribution in [0.15, 0.2) is 66.2 Å². The highest BCUT2D eigenvalue weighted by atomic mass is 16.7. The Kier molecular flexibility index (Phi) is 7.36. The van der Waals surface area contributed by atoms with Crippen molar-refractivity contribution in [1.82, 2.24) is 0 Å². The third-order valence-corrected chi connectivity index (χ3v) is 5.37. The zero-order valence-corrected chi connectivity index (χ0v) is 17.6. The van der Waals surface area contributed by atoms with Crippen LogP contribution >= 0.6 is 0 Å². The molecule has 6 nitrogen and oxygen atoms in total. The Morgan fingerprint density at radius 1 is 1.10 bits per heavy atom. The topological polar surface area (TPSA) is 89.9 Å². The lowest BCUT2D eigenvalue weighted by Gasteiger charge is -2.29. The van der Waals surface area contributed by atoms with Gasteiger partial charge in [-0.2, -0.15) is 0 Å². The Morgan fingerprint density at radius 2 is 1.77 bits per heavy atom. The van der Waals surface area contributed by atoms with Crippen molar-refractivity contribution in [3.8, 4) is 0 Å². The number of aliphatic carboxylic acids is 1. The molecule has 2 aromatic rings. The van der Waals surface area contributed by atoms with E-state index in [1.54, 1.807) is 6.92 Å². The molecule has 2 aromatic carbocycles. The SMILES string of the molecule is Cc1ccc(C2CC(C(=O)OC(C)OCc3ccccc3)=CC(=O)C2CC(=O)O)cc1. The fraction of sp³-hybridized carbons (Fsp3) is 0.320. The molecule has 31 heavy (non-hydrogen) atoms. The van der Waals surface area contributed by atoms with Crippen molar-refractivity contribution in [2.45, 2.75) is 45.5 Å². The monoisotopic (exact) mass is 422 g/mol. The van der Waals surface area contributed by atoms with Gasteiger partial charge in [-0.05, 0) is 43.4 Å². The van der Waals surface area contributed by atoms with Crippen LogP contribution in [-0.4, -0.2) is 29.1 Å². The Hall–Kier alpha value is -3.25. The molecule has 1 aliphatic carbocycles. The zero-order valence-electron chi connectivity index (χ0n) is 17.6. The van der Waals surface area contributed by atoms with Crippen molar-refractivity contribution < 1.29 is 29.0 Å². The highest BCUT2D eigenvalue weighted by Gasteiger charge is 2.37. The van der Waals surface area contributed by atoms with E-state index in [-0.39, 0.29) is 24.2 Å². The summed E-state index contributed by atoms with van der Waals surface area (Å²) < 4.78 is 11.0. The van der Waals surface area contributed by atoms with Gasteiger partial charge in [0.1, 0.15) is 0 Å². The molecular weight excluding hydrogens is 396 g/mol. The number of rotatable bonds is 8. The van der Waals surface area contributed by atoms with Crippen molar-refractivity contribution >= 4 is 17.7 Å².